The second-order valence-electron chi connectivity index (χ2n) is 5.07. The first-order valence-electron chi connectivity index (χ1n) is 7.44. The maximum absolute atomic E-state index is 12.2. The number of carbonyl (C=O) groups is 3. The number of hydrogen-bond acceptors (Lipinski definition) is 6. The minimum atomic E-state index is -0.425. The molecule has 7 nitrogen and oxygen atoms in total. The molecule has 3 rings (SSSR count). The van der Waals surface area contributed by atoms with Gasteiger partial charge in [0, 0.05) is 11.9 Å². The Kier molecular flexibility index (Phi) is 4.24. The van der Waals surface area contributed by atoms with Gasteiger partial charge in [-0.15, -0.1) is 0 Å². The summed E-state index contributed by atoms with van der Waals surface area (Å²) in [6, 6.07) is 9.80. The van der Waals surface area contributed by atoms with Gasteiger partial charge in [-0.2, -0.15) is 0 Å². The molecule has 0 fully saturated rings. The molecule has 0 atom stereocenters. The first-order chi connectivity index (χ1) is 11.6. The van der Waals surface area contributed by atoms with Crippen LogP contribution in [-0.2, 0) is 4.74 Å². The van der Waals surface area contributed by atoms with Crippen molar-refractivity contribution in [3.8, 4) is 0 Å². The Morgan fingerprint density at radius 3 is 2.58 bits per heavy atom. The SMILES string of the molecule is CCOC(=O)c1ccc(NCN2C(=O)c3cccnc3C2=O)cc1. The molecule has 2 heterocycles. The van der Waals surface area contributed by atoms with Crippen LogP contribution in [0.2, 0.25) is 0 Å². The van der Waals surface area contributed by atoms with E-state index in [1.165, 1.54) is 6.20 Å². The zero-order chi connectivity index (χ0) is 17.1. The van der Waals surface area contributed by atoms with Gasteiger partial charge in [-0.05, 0) is 43.3 Å². The molecule has 0 saturated heterocycles. The third-order valence-electron chi connectivity index (χ3n) is 3.57. The zero-order valence-electron chi connectivity index (χ0n) is 13.0. The number of ether oxygens (including phenoxy) is 1. The van der Waals surface area contributed by atoms with Gasteiger partial charge >= 0.3 is 5.97 Å². The van der Waals surface area contributed by atoms with E-state index in [0.717, 1.165) is 4.90 Å². The second kappa shape index (κ2) is 6.49. The molecule has 2 aromatic rings. The van der Waals surface area contributed by atoms with Crippen LogP contribution in [0.5, 0.6) is 0 Å². The summed E-state index contributed by atoms with van der Waals surface area (Å²) in [6.45, 7) is 2.07. The van der Waals surface area contributed by atoms with Gasteiger partial charge in [-0.1, -0.05) is 0 Å². The van der Waals surface area contributed by atoms with Gasteiger partial charge < -0.3 is 10.1 Å². The highest BCUT2D eigenvalue weighted by atomic mass is 16.5. The fourth-order valence-corrected chi connectivity index (χ4v) is 2.37. The van der Waals surface area contributed by atoms with Crippen LogP contribution in [0.1, 0.15) is 38.1 Å². The highest BCUT2D eigenvalue weighted by Crippen LogP contribution is 2.20. The van der Waals surface area contributed by atoms with Crippen LogP contribution in [0.3, 0.4) is 0 Å². The maximum atomic E-state index is 12.2. The van der Waals surface area contributed by atoms with Crippen molar-refractivity contribution >= 4 is 23.5 Å². The summed E-state index contributed by atoms with van der Waals surface area (Å²) < 4.78 is 4.91. The lowest BCUT2D eigenvalue weighted by atomic mass is 10.2. The van der Waals surface area contributed by atoms with Crippen LogP contribution in [0.4, 0.5) is 5.69 Å². The summed E-state index contributed by atoms with van der Waals surface area (Å²) in [5, 5.41) is 2.98. The minimum Gasteiger partial charge on any atom is -0.462 e. The molecule has 2 amide bonds. The fraction of sp³-hybridized carbons (Fsp3) is 0.176. The Labute approximate surface area is 138 Å². The monoisotopic (exact) mass is 325 g/mol. The van der Waals surface area contributed by atoms with E-state index in [9.17, 15) is 14.4 Å². The Morgan fingerprint density at radius 1 is 1.17 bits per heavy atom. The minimum absolute atomic E-state index is 0.0206. The number of nitrogens with zero attached hydrogens (tertiary/aromatic N) is 2. The van der Waals surface area contributed by atoms with Gasteiger partial charge in [0.15, 0.2) is 0 Å². The summed E-state index contributed by atoms with van der Waals surface area (Å²) in [5.74, 6) is -1.19. The summed E-state index contributed by atoms with van der Waals surface area (Å²) in [5.41, 5.74) is 1.59. The molecule has 0 spiro atoms. The van der Waals surface area contributed by atoms with Gasteiger partial charge in [0.25, 0.3) is 11.8 Å². The normalized spacial score (nSPS) is 13.0. The lowest BCUT2D eigenvalue weighted by Crippen LogP contribution is -2.34. The van der Waals surface area contributed by atoms with E-state index in [2.05, 4.69) is 10.3 Å². The topological polar surface area (TPSA) is 88.6 Å². The molecule has 24 heavy (non-hydrogen) atoms. The third-order valence-corrected chi connectivity index (χ3v) is 3.57. The van der Waals surface area contributed by atoms with Crippen molar-refractivity contribution in [3.05, 3.63) is 59.4 Å². The molecule has 0 radical (unpaired) electrons. The largest absolute Gasteiger partial charge is 0.462 e. The molecule has 1 aliphatic heterocycles. The van der Waals surface area contributed by atoms with E-state index in [-0.39, 0.29) is 18.3 Å². The molecule has 122 valence electrons. The van der Waals surface area contributed by atoms with Gasteiger partial charge in [-0.3, -0.25) is 19.5 Å². The van der Waals surface area contributed by atoms with Gasteiger partial charge in [0.05, 0.1) is 24.4 Å². The molecular formula is C17H15N3O4. The number of hydrogen-bond donors (Lipinski definition) is 1. The van der Waals surface area contributed by atoms with Crippen molar-refractivity contribution in [2.75, 3.05) is 18.6 Å². The average molecular weight is 325 g/mol. The molecule has 0 unspecified atom stereocenters. The summed E-state index contributed by atoms with van der Waals surface area (Å²) in [6.07, 6.45) is 1.48. The summed E-state index contributed by atoms with van der Waals surface area (Å²) in [7, 11) is 0. The van der Waals surface area contributed by atoms with Gasteiger partial charge in [-0.25, -0.2) is 4.79 Å². The first kappa shape index (κ1) is 15.7. The van der Waals surface area contributed by atoms with Gasteiger partial charge in [0.2, 0.25) is 0 Å². The number of fused-ring (bicyclic) bond motifs is 1. The number of rotatable bonds is 5. The molecule has 1 aliphatic rings. The molecule has 0 saturated carbocycles. The molecule has 1 N–H and O–H groups in total. The average Bonchev–Trinajstić information content (AvgIpc) is 2.85. The van der Waals surface area contributed by atoms with E-state index < -0.39 is 11.9 Å². The number of nitrogens with one attached hydrogen (secondary N) is 1. The first-order valence-corrected chi connectivity index (χ1v) is 7.44. The molecular weight excluding hydrogens is 310 g/mol. The van der Waals surface area contributed by atoms with Crippen molar-refractivity contribution in [2.45, 2.75) is 6.92 Å². The standard InChI is InChI=1S/C17H15N3O4/c1-2-24-17(23)11-5-7-12(8-6-11)19-10-20-15(21)13-4-3-9-18-14(13)16(20)22/h3-9,19H,2,10H2,1H3. The number of anilines is 1. The van der Waals surface area contributed by atoms with Gasteiger partial charge in [0.1, 0.15) is 5.69 Å². The van der Waals surface area contributed by atoms with Crippen molar-refractivity contribution in [2.24, 2.45) is 0 Å². The number of benzene rings is 1. The van der Waals surface area contributed by atoms with E-state index in [0.29, 0.717) is 23.4 Å². The molecule has 0 bridgehead atoms. The van der Waals surface area contributed by atoms with Crippen molar-refractivity contribution in [1.82, 2.24) is 9.88 Å². The van der Waals surface area contributed by atoms with Crippen LogP contribution in [0, 0.1) is 0 Å². The number of aromatic nitrogens is 1. The second-order valence-corrected chi connectivity index (χ2v) is 5.07. The Morgan fingerprint density at radius 2 is 1.92 bits per heavy atom. The summed E-state index contributed by atoms with van der Waals surface area (Å²) in [4.78, 5) is 41.0. The van der Waals surface area contributed by atoms with E-state index >= 15 is 0 Å². The van der Waals surface area contributed by atoms with Crippen LogP contribution >= 0.6 is 0 Å². The molecule has 1 aromatic carbocycles. The van der Waals surface area contributed by atoms with E-state index in [1.54, 1.807) is 43.3 Å². The van der Waals surface area contributed by atoms with Crippen LogP contribution in [0.15, 0.2) is 42.6 Å². The Hall–Kier alpha value is -3.22. The predicted molar refractivity (Wildman–Crippen MR) is 85.6 cm³/mol. The number of pyridine rings is 1. The Bertz CT molecular complexity index is 767. The van der Waals surface area contributed by atoms with Crippen molar-refractivity contribution < 1.29 is 19.1 Å². The third kappa shape index (κ3) is 2.83. The quantitative estimate of drug-likeness (QED) is 0.667. The van der Waals surface area contributed by atoms with Crippen molar-refractivity contribution in [3.63, 3.8) is 0 Å². The van der Waals surface area contributed by atoms with E-state index in [4.69, 9.17) is 4.74 Å². The number of imide groups is 1. The number of esters is 1. The lowest BCUT2D eigenvalue weighted by Gasteiger charge is -2.15. The maximum Gasteiger partial charge on any atom is 0.338 e. The molecule has 0 aliphatic carbocycles. The fourth-order valence-electron chi connectivity index (χ4n) is 2.37. The predicted octanol–water partition coefficient (Wildman–Crippen LogP) is 1.92. The molecule has 7 heteroatoms. The Balaban J connectivity index is 1.66. The van der Waals surface area contributed by atoms with Crippen LogP contribution in [0.25, 0.3) is 0 Å². The number of amides is 2. The smallest absolute Gasteiger partial charge is 0.338 e. The highest BCUT2D eigenvalue weighted by molar-refractivity contribution is 6.20. The zero-order valence-corrected chi connectivity index (χ0v) is 13.0. The number of carbonyl (C=O) groups excluding carboxylic acids is 3. The molecule has 1 aromatic heterocycles. The lowest BCUT2D eigenvalue weighted by molar-refractivity contribution is 0.0525. The van der Waals surface area contributed by atoms with Crippen LogP contribution < -0.4 is 5.32 Å². The van der Waals surface area contributed by atoms with Crippen molar-refractivity contribution in [1.29, 1.82) is 0 Å². The summed E-state index contributed by atoms with van der Waals surface area (Å²) >= 11 is 0. The van der Waals surface area contributed by atoms with Crippen LogP contribution in [-0.4, -0.2) is 40.9 Å². The highest BCUT2D eigenvalue weighted by Gasteiger charge is 2.36. The van der Waals surface area contributed by atoms with E-state index in [1.807, 2.05) is 0 Å².